The summed E-state index contributed by atoms with van der Waals surface area (Å²) in [5.41, 5.74) is 4.16. The Bertz CT molecular complexity index is 400. The van der Waals surface area contributed by atoms with Crippen LogP contribution in [0, 0.1) is 13.8 Å². The van der Waals surface area contributed by atoms with Crippen LogP contribution in [0.15, 0.2) is 18.2 Å². The summed E-state index contributed by atoms with van der Waals surface area (Å²) >= 11 is 0. The summed E-state index contributed by atoms with van der Waals surface area (Å²) in [5.74, 6) is 0. The van der Waals surface area contributed by atoms with Gasteiger partial charge >= 0.3 is 0 Å². The van der Waals surface area contributed by atoms with E-state index < -0.39 is 0 Å². The minimum atomic E-state index is 0.908. The van der Waals surface area contributed by atoms with E-state index in [0.29, 0.717) is 0 Å². The fraction of sp³-hybridized carbons (Fsp3) is 0.647. The number of unbranched alkanes of at least 4 members (excludes halogenated alkanes) is 1. The molecule has 0 atom stereocenters. The zero-order chi connectivity index (χ0) is 14.2. The Hall–Kier alpha value is -0.900. The van der Waals surface area contributed by atoms with E-state index in [0.717, 1.165) is 39.4 Å². The Morgan fingerprint density at radius 3 is 2.70 bits per heavy atom. The summed E-state index contributed by atoms with van der Waals surface area (Å²) in [6.07, 6.45) is 2.53. The Morgan fingerprint density at radius 2 is 1.95 bits per heavy atom. The highest BCUT2D eigenvalue weighted by atomic mass is 16.5. The summed E-state index contributed by atoms with van der Waals surface area (Å²) in [5, 5.41) is 3.56. The standard InChI is InChI=1S/C17H28N2O/c1-15-5-6-17(16(2)13-15)14-18-7-3-4-8-19-9-11-20-12-10-19/h5-6,13,18H,3-4,7-12,14H2,1-2H3. The van der Waals surface area contributed by atoms with Crippen molar-refractivity contribution in [1.82, 2.24) is 10.2 Å². The smallest absolute Gasteiger partial charge is 0.0594 e. The molecule has 1 fully saturated rings. The molecule has 112 valence electrons. The first-order chi connectivity index (χ1) is 9.75. The molecule has 0 amide bonds. The van der Waals surface area contributed by atoms with Gasteiger partial charge in [0.05, 0.1) is 13.2 Å². The van der Waals surface area contributed by atoms with Gasteiger partial charge in [-0.15, -0.1) is 0 Å². The second-order valence-electron chi connectivity index (χ2n) is 5.77. The molecule has 2 rings (SSSR count). The number of ether oxygens (including phenoxy) is 1. The maximum atomic E-state index is 5.36. The van der Waals surface area contributed by atoms with Crippen molar-refractivity contribution in [1.29, 1.82) is 0 Å². The van der Waals surface area contributed by atoms with Crippen LogP contribution in [0.5, 0.6) is 0 Å². The van der Waals surface area contributed by atoms with E-state index in [9.17, 15) is 0 Å². The van der Waals surface area contributed by atoms with Crippen molar-refractivity contribution in [2.24, 2.45) is 0 Å². The van der Waals surface area contributed by atoms with Crippen molar-refractivity contribution in [3.8, 4) is 0 Å². The Balaban J connectivity index is 1.55. The van der Waals surface area contributed by atoms with Gasteiger partial charge in [-0.1, -0.05) is 23.8 Å². The third kappa shape index (κ3) is 5.23. The molecule has 1 aliphatic heterocycles. The van der Waals surface area contributed by atoms with E-state index in [2.05, 4.69) is 42.3 Å². The number of rotatable bonds is 7. The van der Waals surface area contributed by atoms with Crippen molar-refractivity contribution >= 4 is 0 Å². The van der Waals surface area contributed by atoms with Crippen LogP contribution in [0.2, 0.25) is 0 Å². The predicted octanol–water partition coefficient (Wildman–Crippen LogP) is 2.51. The fourth-order valence-electron chi connectivity index (χ4n) is 2.68. The Morgan fingerprint density at radius 1 is 1.15 bits per heavy atom. The first-order valence-corrected chi connectivity index (χ1v) is 7.82. The number of nitrogens with one attached hydrogen (secondary N) is 1. The van der Waals surface area contributed by atoms with Crippen LogP contribution in [0.25, 0.3) is 0 Å². The molecule has 0 radical (unpaired) electrons. The van der Waals surface area contributed by atoms with Gasteiger partial charge in [0, 0.05) is 19.6 Å². The Labute approximate surface area is 123 Å². The van der Waals surface area contributed by atoms with E-state index in [4.69, 9.17) is 4.74 Å². The van der Waals surface area contributed by atoms with E-state index >= 15 is 0 Å². The molecule has 1 aliphatic rings. The van der Waals surface area contributed by atoms with Crippen LogP contribution in [0.3, 0.4) is 0 Å². The average molecular weight is 276 g/mol. The molecule has 1 aromatic carbocycles. The maximum absolute atomic E-state index is 5.36. The molecule has 1 heterocycles. The van der Waals surface area contributed by atoms with E-state index in [1.807, 2.05) is 0 Å². The van der Waals surface area contributed by atoms with Crippen LogP contribution in [-0.2, 0) is 11.3 Å². The maximum Gasteiger partial charge on any atom is 0.0594 e. The molecule has 0 spiro atoms. The molecule has 1 saturated heterocycles. The van der Waals surface area contributed by atoms with Gasteiger partial charge in [-0.3, -0.25) is 4.90 Å². The largest absolute Gasteiger partial charge is 0.379 e. The molecule has 0 saturated carbocycles. The van der Waals surface area contributed by atoms with Gasteiger partial charge in [0.15, 0.2) is 0 Å². The van der Waals surface area contributed by atoms with Crippen LogP contribution in [0.1, 0.15) is 29.5 Å². The van der Waals surface area contributed by atoms with Crippen LogP contribution < -0.4 is 5.32 Å². The third-order valence-corrected chi connectivity index (χ3v) is 4.00. The molecule has 0 aliphatic carbocycles. The van der Waals surface area contributed by atoms with Gasteiger partial charge in [-0.2, -0.15) is 0 Å². The summed E-state index contributed by atoms with van der Waals surface area (Å²) in [6, 6.07) is 6.70. The Kier molecular flexibility index (Phi) is 6.51. The van der Waals surface area contributed by atoms with Crippen molar-refractivity contribution in [2.75, 3.05) is 39.4 Å². The zero-order valence-corrected chi connectivity index (χ0v) is 13.0. The van der Waals surface area contributed by atoms with Crippen molar-refractivity contribution in [2.45, 2.75) is 33.2 Å². The number of hydrogen-bond donors (Lipinski definition) is 1. The summed E-state index contributed by atoms with van der Waals surface area (Å²) in [6.45, 7) is 11.7. The summed E-state index contributed by atoms with van der Waals surface area (Å²) in [7, 11) is 0. The van der Waals surface area contributed by atoms with Gasteiger partial charge in [-0.25, -0.2) is 0 Å². The van der Waals surface area contributed by atoms with Crippen molar-refractivity contribution in [3.63, 3.8) is 0 Å². The molecule has 1 aromatic rings. The second-order valence-corrected chi connectivity index (χ2v) is 5.77. The number of nitrogens with zero attached hydrogens (tertiary/aromatic N) is 1. The minimum Gasteiger partial charge on any atom is -0.379 e. The van der Waals surface area contributed by atoms with E-state index in [1.54, 1.807) is 0 Å². The van der Waals surface area contributed by atoms with Gasteiger partial charge in [-0.05, 0) is 50.9 Å². The lowest BCUT2D eigenvalue weighted by Crippen LogP contribution is -2.37. The van der Waals surface area contributed by atoms with Gasteiger partial charge in [0.25, 0.3) is 0 Å². The minimum absolute atomic E-state index is 0.908. The number of morpholine rings is 1. The quantitative estimate of drug-likeness (QED) is 0.775. The van der Waals surface area contributed by atoms with Crippen LogP contribution in [0.4, 0.5) is 0 Å². The van der Waals surface area contributed by atoms with Crippen LogP contribution in [-0.4, -0.2) is 44.3 Å². The number of aryl methyl sites for hydroxylation is 2. The molecule has 3 heteroatoms. The topological polar surface area (TPSA) is 24.5 Å². The highest BCUT2D eigenvalue weighted by Crippen LogP contribution is 2.10. The van der Waals surface area contributed by atoms with E-state index in [1.165, 1.54) is 36.1 Å². The molecular weight excluding hydrogens is 248 g/mol. The zero-order valence-electron chi connectivity index (χ0n) is 13.0. The number of benzene rings is 1. The molecule has 0 bridgehead atoms. The highest BCUT2D eigenvalue weighted by molar-refractivity contribution is 5.30. The SMILES string of the molecule is Cc1ccc(CNCCCCN2CCOCC2)c(C)c1. The summed E-state index contributed by atoms with van der Waals surface area (Å²) < 4.78 is 5.36. The third-order valence-electron chi connectivity index (χ3n) is 4.00. The van der Waals surface area contributed by atoms with Crippen molar-refractivity contribution in [3.05, 3.63) is 34.9 Å². The highest BCUT2D eigenvalue weighted by Gasteiger charge is 2.08. The lowest BCUT2D eigenvalue weighted by molar-refractivity contribution is 0.0372. The second kappa shape index (κ2) is 8.40. The molecule has 0 unspecified atom stereocenters. The first kappa shape index (κ1) is 15.5. The fourth-order valence-corrected chi connectivity index (χ4v) is 2.68. The van der Waals surface area contributed by atoms with Crippen molar-refractivity contribution < 1.29 is 4.74 Å². The van der Waals surface area contributed by atoms with Gasteiger partial charge in [0.1, 0.15) is 0 Å². The molecule has 3 nitrogen and oxygen atoms in total. The number of hydrogen-bond acceptors (Lipinski definition) is 3. The van der Waals surface area contributed by atoms with Crippen LogP contribution >= 0.6 is 0 Å². The average Bonchev–Trinajstić information content (AvgIpc) is 2.46. The van der Waals surface area contributed by atoms with Gasteiger partial charge in [0.2, 0.25) is 0 Å². The molecule has 1 N–H and O–H groups in total. The monoisotopic (exact) mass is 276 g/mol. The molecule has 20 heavy (non-hydrogen) atoms. The van der Waals surface area contributed by atoms with Gasteiger partial charge < -0.3 is 10.1 Å². The lowest BCUT2D eigenvalue weighted by atomic mass is 10.1. The van der Waals surface area contributed by atoms with E-state index in [-0.39, 0.29) is 0 Å². The molecule has 0 aromatic heterocycles. The molecular formula is C17H28N2O. The normalized spacial score (nSPS) is 16.5. The first-order valence-electron chi connectivity index (χ1n) is 7.82. The predicted molar refractivity (Wildman–Crippen MR) is 84.1 cm³/mol. The summed E-state index contributed by atoms with van der Waals surface area (Å²) in [4.78, 5) is 2.51. The lowest BCUT2D eigenvalue weighted by Gasteiger charge is -2.26.